The predicted octanol–water partition coefficient (Wildman–Crippen LogP) is 3.90. The lowest BCUT2D eigenvalue weighted by Crippen LogP contribution is -2.62. The van der Waals surface area contributed by atoms with Crippen LogP contribution in [0.25, 0.3) is 11.1 Å². The topological polar surface area (TPSA) is 151 Å². The van der Waals surface area contributed by atoms with Gasteiger partial charge < -0.3 is 20.3 Å². The largest absolute Gasteiger partial charge is 0.481 e. The smallest absolute Gasteiger partial charge is 0.347 e. The minimum Gasteiger partial charge on any atom is -0.481 e. The number of carboxylic acid groups (broad SMARTS) is 2. The van der Waals surface area contributed by atoms with E-state index in [0.717, 1.165) is 11.1 Å². The van der Waals surface area contributed by atoms with Crippen molar-refractivity contribution in [1.29, 1.82) is 0 Å². The summed E-state index contributed by atoms with van der Waals surface area (Å²) in [6.45, 7) is 3.05. The zero-order valence-corrected chi connectivity index (χ0v) is 22.4. The Balaban J connectivity index is 1.78. The van der Waals surface area contributed by atoms with Crippen molar-refractivity contribution in [3.63, 3.8) is 0 Å². The lowest BCUT2D eigenvalue weighted by molar-refractivity contribution is -0.155. The Labute approximate surface area is 236 Å². The number of hydrogen-bond acceptors (Lipinski definition) is 7. The number of nitrogens with one attached hydrogen (secondary N) is 2. The number of amides is 1. The zero-order chi connectivity index (χ0) is 29.1. The van der Waals surface area contributed by atoms with Gasteiger partial charge in [-0.3, -0.25) is 14.9 Å². The molecule has 0 saturated heterocycles. The lowest BCUT2D eigenvalue weighted by Gasteiger charge is -2.43. The van der Waals surface area contributed by atoms with Gasteiger partial charge in [0.25, 0.3) is 0 Å². The highest BCUT2D eigenvalue weighted by Gasteiger charge is 2.58. The number of benzene rings is 3. The summed E-state index contributed by atoms with van der Waals surface area (Å²) in [7, 11) is 0. The highest BCUT2D eigenvalue weighted by molar-refractivity contribution is 5.96. The van der Waals surface area contributed by atoms with E-state index >= 15 is 0 Å². The first-order valence-corrected chi connectivity index (χ1v) is 12.9. The summed E-state index contributed by atoms with van der Waals surface area (Å²) in [4.78, 5) is 47.7. The molecule has 10 nitrogen and oxygen atoms in total. The number of ether oxygens (including phenoxy) is 1. The van der Waals surface area contributed by atoms with Crippen molar-refractivity contribution >= 4 is 23.5 Å². The Hall–Kier alpha value is -5.09. The summed E-state index contributed by atoms with van der Waals surface area (Å²) in [5, 5.41) is 27.3. The third-order valence-electron chi connectivity index (χ3n) is 7.04. The van der Waals surface area contributed by atoms with E-state index in [1.54, 1.807) is 62.4 Å². The fourth-order valence-corrected chi connectivity index (χ4v) is 5.43. The van der Waals surface area contributed by atoms with Gasteiger partial charge in [0.05, 0.1) is 6.54 Å². The van der Waals surface area contributed by atoms with E-state index in [2.05, 4.69) is 20.6 Å². The monoisotopic (exact) mass is 552 g/mol. The van der Waals surface area contributed by atoms with Crippen LogP contribution in [-0.2, 0) is 19.9 Å². The number of anilines is 1. The van der Waals surface area contributed by atoms with Crippen molar-refractivity contribution in [2.75, 3.05) is 11.9 Å². The van der Waals surface area contributed by atoms with E-state index in [1.807, 2.05) is 36.4 Å². The number of carbonyl (C=O) groups is 3. The number of nitrogens with zero attached hydrogens (tertiary/aromatic N) is 2. The maximum Gasteiger partial charge on any atom is 0.347 e. The van der Waals surface area contributed by atoms with E-state index < -0.39 is 35.4 Å². The van der Waals surface area contributed by atoms with Crippen LogP contribution in [0.4, 0.5) is 5.69 Å². The number of hydrogen-bond donors (Lipinski definition) is 4. The number of aryl methyl sites for hydroxylation is 2. The molecule has 4 N–H and O–H groups in total. The Morgan fingerprint density at radius 3 is 2.20 bits per heavy atom. The van der Waals surface area contributed by atoms with Crippen LogP contribution in [0.15, 0.2) is 84.9 Å². The standard InChI is InChI=1S/C31H28N4O6/c1-18-15-19(2)34-30(33-18)41-27(29(39)40)31(23-13-6-7-14-24(23)35-25(36)17-32-31)26(28(37)38)22-12-8-11-21(16-22)20-9-4-3-5-10-20/h3-16,26-27,32H,17H2,1-2H3,(H,35,36)(H,37,38)(H,39,40)/t26?,27-,31-/m1/s1. The second kappa shape index (κ2) is 11.2. The van der Waals surface area contributed by atoms with Crippen molar-refractivity contribution in [3.05, 3.63) is 107 Å². The molecule has 1 aliphatic rings. The van der Waals surface area contributed by atoms with Gasteiger partial charge in [0.2, 0.25) is 12.0 Å². The summed E-state index contributed by atoms with van der Waals surface area (Å²) in [6, 6.07) is 24.3. The molecule has 3 aromatic carbocycles. The minimum absolute atomic E-state index is 0.223. The van der Waals surface area contributed by atoms with Crippen LogP contribution in [-0.4, -0.2) is 50.7 Å². The van der Waals surface area contributed by atoms with Gasteiger partial charge >= 0.3 is 17.9 Å². The van der Waals surface area contributed by atoms with Crippen LogP contribution in [0.3, 0.4) is 0 Å². The van der Waals surface area contributed by atoms with Crippen molar-refractivity contribution in [2.24, 2.45) is 0 Å². The van der Waals surface area contributed by atoms with Crippen LogP contribution in [0.1, 0.15) is 28.4 Å². The molecule has 5 rings (SSSR count). The van der Waals surface area contributed by atoms with Gasteiger partial charge in [-0.25, -0.2) is 14.8 Å². The first kappa shape index (κ1) is 27.5. The summed E-state index contributed by atoms with van der Waals surface area (Å²) >= 11 is 0. The Bertz CT molecular complexity index is 1610. The molecular formula is C31H28N4O6. The molecule has 1 unspecified atom stereocenters. The van der Waals surface area contributed by atoms with Crippen LogP contribution in [0.5, 0.6) is 6.01 Å². The van der Waals surface area contributed by atoms with Gasteiger partial charge in [0.15, 0.2) is 0 Å². The SMILES string of the molecule is Cc1cc(C)nc(O[C@H](C(=O)O)[C@@]2(C(C(=O)O)c3cccc(-c4ccccc4)c3)NCC(=O)Nc3ccccc32)n1. The molecule has 1 aromatic heterocycles. The molecule has 4 aromatic rings. The predicted molar refractivity (Wildman–Crippen MR) is 151 cm³/mol. The van der Waals surface area contributed by atoms with E-state index in [1.165, 1.54) is 0 Å². The molecule has 1 aliphatic heterocycles. The van der Waals surface area contributed by atoms with Crippen molar-refractivity contribution < 1.29 is 29.3 Å². The Morgan fingerprint density at radius 2 is 1.51 bits per heavy atom. The summed E-state index contributed by atoms with van der Waals surface area (Å²) in [5.41, 5.74) is 1.50. The maximum absolute atomic E-state index is 13.3. The molecule has 0 bridgehead atoms. The number of carbonyl (C=O) groups excluding carboxylic acids is 1. The molecule has 3 atom stereocenters. The second-order valence-corrected chi connectivity index (χ2v) is 9.85. The van der Waals surface area contributed by atoms with E-state index in [9.17, 15) is 24.6 Å². The van der Waals surface area contributed by atoms with Gasteiger partial charge in [0, 0.05) is 22.6 Å². The molecule has 41 heavy (non-hydrogen) atoms. The molecule has 2 heterocycles. The third kappa shape index (κ3) is 5.37. The summed E-state index contributed by atoms with van der Waals surface area (Å²) in [5.74, 6) is -4.78. The van der Waals surface area contributed by atoms with Crippen molar-refractivity contribution in [1.82, 2.24) is 15.3 Å². The molecule has 1 amide bonds. The van der Waals surface area contributed by atoms with Gasteiger partial charge in [-0.1, -0.05) is 72.8 Å². The molecule has 0 fully saturated rings. The van der Waals surface area contributed by atoms with Gasteiger partial charge in [-0.2, -0.15) is 0 Å². The minimum atomic E-state index is -2.00. The number of para-hydroxylation sites is 1. The normalized spacial score (nSPS) is 17.9. The molecule has 0 radical (unpaired) electrons. The van der Waals surface area contributed by atoms with Crippen molar-refractivity contribution in [2.45, 2.75) is 31.4 Å². The first-order valence-electron chi connectivity index (χ1n) is 12.9. The summed E-state index contributed by atoms with van der Waals surface area (Å²) < 4.78 is 6.01. The lowest BCUT2D eigenvalue weighted by atomic mass is 9.69. The molecular weight excluding hydrogens is 524 g/mol. The zero-order valence-electron chi connectivity index (χ0n) is 22.4. The number of aliphatic carboxylic acids is 2. The molecule has 208 valence electrons. The Morgan fingerprint density at radius 1 is 0.854 bits per heavy atom. The van der Waals surface area contributed by atoms with Gasteiger partial charge in [-0.15, -0.1) is 0 Å². The quantitative estimate of drug-likeness (QED) is 0.255. The maximum atomic E-state index is 13.3. The fraction of sp³-hybridized carbons (Fsp3) is 0.194. The van der Waals surface area contributed by atoms with E-state index in [4.69, 9.17) is 4.74 Å². The molecule has 0 spiro atoms. The molecule has 0 aliphatic carbocycles. The second-order valence-electron chi connectivity index (χ2n) is 9.85. The summed E-state index contributed by atoms with van der Waals surface area (Å²) in [6.07, 6.45) is -1.88. The Kier molecular flexibility index (Phi) is 7.50. The average Bonchev–Trinajstić information content (AvgIpc) is 3.08. The highest BCUT2D eigenvalue weighted by Crippen LogP contribution is 2.46. The van der Waals surface area contributed by atoms with Gasteiger partial charge in [0.1, 0.15) is 11.5 Å². The third-order valence-corrected chi connectivity index (χ3v) is 7.04. The number of aromatic nitrogens is 2. The fourth-order valence-electron chi connectivity index (χ4n) is 5.43. The molecule has 0 saturated carbocycles. The van der Waals surface area contributed by atoms with Crippen LogP contribution >= 0.6 is 0 Å². The number of carboxylic acids is 2. The average molecular weight is 553 g/mol. The van der Waals surface area contributed by atoms with Crippen LogP contribution in [0, 0.1) is 13.8 Å². The van der Waals surface area contributed by atoms with Crippen LogP contribution in [0.2, 0.25) is 0 Å². The van der Waals surface area contributed by atoms with Gasteiger partial charge in [-0.05, 0) is 42.7 Å². The number of rotatable bonds is 8. The van der Waals surface area contributed by atoms with E-state index in [-0.39, 0.29) is 23.8 Å². The van der Waals surface area contributed by atoms with Crippen molar-refractivity contribution in [3.8, 4) is 17.1 Å². The van der Waals surface area contributed by atoms with Crippen LogP contribution < -0.4 is 15.4 Å². The first-order chi connectivity index (χ1) is 19.7. The number of fused-ring (bicyclic) bond motifs is 1. The van der Waals surface area contributed by atoms with E-state index in [0.29, 0.717) is 17.0 Å². The highest BCUT2D eigenvalue weighted by atomic mass is 16.5. The molecule has 10 heteroatoms.